The fraction of sp³-hybridized carbons (Fsp3) is 0.167. The van der Waals surface area contributed by atoms with Crippen LogP contribution in [0.15, 0.2) is 47.0 Å². The molecule has 0 radical (unpaired) electrons. The number of hydrogen-bond donors (Lipinski definition) is 1. The normalized spacial score (nSPS) is 10.5. The van der Waals surface area contributed by atoms with Crippen LogP contribution in [0.3, 0.4) is 0 Å². The molecule has 0 fully saturated rings. The molecule has 0 aliphatic heterocycles. The Morgan fingerprint density at radius 3 is 2.84 bits per heavy atom. The highest BCUT2D eigenvalue weighted by Gasteiger charge is 2.12. The van der Waals surface area contributed by atoms with Crippen LogP contribution in [0.4, 0.5) is 5.95 Å². The van der Waals surface area contributed by atoms with Gasteiger partial charge >= 0.3 is 0 Å². The molecular weight excluding hydrogens is 342 g/mol. The standard InChI is InChI=1S/C18H16ClN3O3/c1-11-5-3-8-15(12(11)2)24-10-16(23)20-18-21-17(25-22-18)13-6-4-7-14(19)9-13/h3-9H,10H2,1-2H3,(H,20,22,23). The van der Waals surface area contributed by atoms with Crippen molar-refractivity contribution in [3.05, 3.63) is 58.6 Å². The Morgan fingerprint density at radius 2 is 2.04 bits per heavy atom. The van der Waals surface area contributed by atoms with Crippen molar-refractivity contribution in [1.82, 2.24) is 10.1 Å². The van der Waals surface area contributed by atoms with Crippen molar-refractivity contribution >= 4 is 23.5 Å². The number of anilines is 1. The third-order valence-electron chi connectivity index (χ3n) is 3.66. The summed E-state index contributed by atoms with van der Waals surface area (Å²) in [6.45, 7) is 3.78. The summed E-state index contributed by atoms with van der Waals surface area (Å²) in [5.41, 5.74) is 2.77. The van der Waals surface area contributed by atoms with Crippen molar-refractivity contribution < 1.29 is 14.1 Å². The fourth-order valence-corrected chi connectivity index (χ4v) is 2.39. The van der Waals surface area contributed by atoms with E-state index in [2.05, 4.69) is 15.5 Å². The zero-order valence-electron chi connectivity index (χ0n) is 13.7. The maximum atomic E-state index is 12.0. The van der Waals surface area contributed by atoms with Crippen LogP contribution < -0.4 is 10.1 Å². The molecule has 7 heteroatoms. The maximum absolute atomic E-state index is 12.0. The molecule has 25 heavy (non-hydrogen) atoms. The first-order valence-corrected chi connectivity index (χ1v) is 7.99. The second kappa shape index (κ2) is 7.36. The van der Waals surface area contributed by atoms with Crippen LogP contribution in [0.5, 0.6) is 5.75 Å². The molecule has 1 heterocycles. The first-order valence-electron chi connectivity index (χ1n) is 7.61. The average molecular weight is 358 g/mol. The highest BCUT2D eigenvalue weighted by molar-refractivity contribution is 6.30. The molecule has 128 valence electrons. The predicted molar refractivity (Wildman–Crippen MR) is 94.8 cm³/mol. The number of ether oxygens (including phenoxy) is 1. The van der Waals surface area contributed by atoms with Crippen LogP contribution in [0.25, 0.3) is 11.5 Å². The minimum absolute atomic E-state index is 0.0736. The molecule has 0 bridgehead atoms. The number of hydrogen-bond acceptors (Lipinski definition) is 5. The Bertz CT molecular complexity index is 908. The van der Waals surface area contributed by atoms with E-state index in [1.165, 1.54) is 0 Å². The van der Waals surface area contributed by atoms with Crippen LogP contribution in [0, 0.1) is 13.8 Å². The van der Waals surface area contributed by atoms with E-state index < -0.39 is 0 Å². The SMILES string of the molecule is Cc1cccc(OCC(=O)Nc2noc(-c3cccc(Cl)c3)n2)c1C. The number of halogens is 1. The van der Waals surface area contributed by atoms with Crippen molar-refractivity contribution in [2.24, 2.45) is 0 Å². The summed E-state index contributed by atoms with van der Waals surface area (Å²) in [7, 11) is 0. The van der Waals surface area contributed by atoms with Gasteiger partial charge in [0.15, 0.2) is 6.61 Å². The molecule has 0 atom stereocenters. The lowest BCUT2D eigenvalue weighted by molar-refractivity contribution is -0.118. The molecule has 0 unspecified atom stereocenters. The van der Waals surface area contributed by atoms with Gasteiger partial charge in [0.2, 0.25) is 0 Å². The minimum atomic E-state index is -0.376. The first-order chi connectivity index (χ1) is 12.0. The minimum Gasteiger partial charge on any atom is -0.483 e. The van der Waals surface area contributed by atoms with Crippen LogP contribution in [-0.2, 0) is 4.79 Å². The van der Waals surface area contributed by atoms with Gasteiger partial charge < -0.3 is 9.26 Å². The third-order valence-corrected chi connectivity index (χ3v) is 3.90. The summed E-state index contributed by atoms with van der Waals surface area (Å²) in [6.07, 6.45) is 0. The number of nitrogens with one attached hydrogen (secondary N) is 1. The Labute approximate surface area is 149 Å². The molecule has 1 N–H and O–H groups in total. The second-order valence-electron chi connectivity index (χ2n) is 5.47. The zero-order chi connectivity index (χ0) is 17.8. The Balaban J connectivity index is 1.61. The smallest absolute Gasteiger partial charge is 0.270 e. The Morgan fingerprint density at radius 1 is 1.24 bits per heavy atom. The van der Waals surface area contributed by atoms with Crippen LogP contribution >= 0.6 is 11.6 Å². The molecule has 0 saturated heterocycles. The molecule has 3 rings (SSSR count). The summed E-state index contributed by atoms with van der Waals surface area (Å²) >= 11 is 5.93. The predicted octanol–water partition coefficient (Wildman–Crippen LogP) is 4.02. The zero-order valence-corrected chi connectivity index (χ0v) is 14.5. The molecule has 0 aliphatic carbocycles. The van der Waals surface area contributed by atoms with Crippen molar-refractivity contribution in [3.63, 3.8) is 0 Å². The maximum Gasteiger partial charge on any atom is 0.270 e. The van der Waals surface area contributed by atoms with Gasteiger partial charge in [-0.05, 0) is 54.4 Å². The number of aromatic nitrogens is 2. The molecular formula is C18H16ClN3O3. The van der Waals surface area contributed by atoms with Crippen LogP contribution in [0.2, 0.25) is 5.02 Å². The third kappa shape index (κ3) is 4.16. The van der Waals surface area contributed by atoms with E-state index in [4.69, 9.17) is 20.9 Å². The van der Waals surface area contributed by atoms with Crippen molar-refractivity contribution in [2.45, 2.75) is 13.8 Å². The number of nitrogens with zero attached hydrogens (tertiary/aromatic N) is 2. The average Bonchev–Trinajstić information content (AvgIpc) is 3.05. The summed E-state index contributed by atoms with van der Waals surface area (Å²) < 4.78 is 10.7. The van der Waals surface area contributed by atoms with E-state index in [-0.39, 0.29) is 24.4 Å². The lowest BCUT2D eigenvalue weighted by atomic mass is 10.1. The van der Waals surface area contributed by atoms with Gasteiger partial charge in [-0.1, -0.05) is 29.8 Å². The second-order valence-corrected chi connectivity index (χ2v) is 5.90. The topological polar surface area (TPSA) is 77.2 Å². The molecule has 1 amide bonds. The Hall–Kier alpha value is -2.86. The summed E-state index contributed by atoms with van der Waals surface area (Å²) in [6, 6.07) is 12.7. The van der Waals surface area contributed by atoms with Crippen molar-refractivity contribution in [3.8, 4) is 17.2 Å². The van der Waals surface area contributed by atoms with Gasteiger partial charge in [-0.2, -0.15) is 4.98 Å². The van der Waals surface area contributed by atoms with E-state index >= 15 is 0 Å². The van der Waals surface area contributed by atoms with Gasteiger partial charge in [0, 0.05) is 10.6 Å². The van der Waals surface area contributed by atoms with Crippen LogP contribution in [-0.4, -0.2) is 22.7 Å². The number of carbonyl (C=O) groups excluding carboxylic acids is 1. The van der Waals surface area contributed by atoms with E-state index in [1.807, 2.05) is 32.0 Å². The van der Waals surface area contributed by atoms with Gasteiger partial charge in [-0.25, -0.2) is 0 Å². The highest BCUT2D eigenvalue weighted by Crippen LogP contribution is 2.22. The highest BCUT2D eigenvalue weighted by atomic mass is 35.5. The van der Waals surface area contributed by atoms with Gasteiger partial charge in [-0.3, -0.25) is 10.1 Å². The van der Waals surface area contributed by atoms with Gasteiger partial charge in [0.25, 0.3) is 17.7 Å². The lowest BCUT2D eigenvalue weighted by Crippen LogP contribution is -2.21. The van der Waals surface area contributed by atoms with Crippen LogP contribution in [0.1, 0.15) is 11.1 Å². The van der Waals surface area contributed by atoms with E-state index in [0.717, 1.165) is 11.1 Å². The largest absolute Gasteiger partial charge is 0.483 e. The number of amides is 1. The van der Waals surface area contributed by atoms with Gasteiger partial charge in [-0.15, -0.1) is 0 Å². The molecule has 0 saturated carbocycles. The fourth-order valence-electron chi connectivity index (χ4n) is 2.20. The lowest BCUT2D eigenvalue weighted by Gasteiger charge is -2.09. The molecule has 2 aromatic carbocycles. The first kappa shape index (κ1) is 17.0. The Kier molecular flexibility index (Phi) is 5.00. The molecule has 0 spiro atoms. The number of carbonyl (C=O) groups is 1. The summed E-state index contributed by atoms with van der Waals surface area (Å²) in [5, 5.41) is 6.83. The summed E-state index contributed by atoms with van der Waals surface area (Å²) in [5.74, 6) is 0.639. The monoisotopic (exact) mass is 357 g/mol. The summed E-state index contributed by atoms with van der Waals surface area (Å²) in [4.78, 5) is 16.1. The van der Waals surface area contributed by atoms with E-state index in [0.29, 0.717) is 16.3 Å². The van der Waals surface area contributed by atoms with E-state index in [1.54, 1.807) is 24.3 Å². The number of aryl methyl sites for hydroxylation is 1. The number of rotatable bonds is 5. The molecule has 6 nitrogen and oxygen atoms in total. The van der Waals surface area contributed by atoms with Crippen molar-refractivity contribution in [1.29, 1.82) is 0 Å². The quantitative estimate of drug-likeness (QED) is 0.746. The molecule has 0 aliphatic rings. The van der Waals surface area contributed by atoms with Crippen molar-refractivity contribution in [2.75, 3.05) is 11.9 Å². The van der Waals surface area contributed by atoms with Gasteiger partial charge in [0.1, 0.15) is 5.75 Å². The molecule has 3 aromatic rings. The van der Waals surface area contributed by atoms with Gasteiger partial charge in [0.05, 0.1) is 0 Å². The molecule has 1 aromatic heterocycles. The van der Waals surface area contributed by atoms with E-state index in [9.17, 15) is 4.79 Å². The number of benzene rings is 2.